The first-order chi connectivity index (χ1) is 15.0. The summed E-state index contributed by atoms with van der Waals surface area (Å²) >= 11 is 0. The van der Waals surface area contributed by atoms with Crippen LogP contribution in [0.25, 0.3) is 0 Å². The van der Waals surface area contributed by atoms with Gasteiger partial charge >= 0.3 is 0 Å². The third kappa shape index (κ3) is 6.28. The van der Waals surface area contributed by atoms with Gasteiger partial charge in [-0.1, -0.05) is 29.8 Å². The van der Waals surface area contributed by atoms with E-state index < -0.39 is 4.92 Å². The molecule has 1 fully saturated rings. The molecule has 3 rings (SSSR count). The Labute approximate surface area is 183 Å². The summed E-state index contributed by atoms with van der Waals surface area (Å²) in [5.74, 6) is 0.468. The number of nitro benzene ring substituents is 1. The number of aryl methyl sites for hydroxylation is 2. The summed E-state index contributed by atoms with van der Waals surface area (Å²) in [5.41, 5.74) is 3.30. The third-order valence-electron chi connectivity index (χ3n) is 5.93. The molecule has 0 aromatic heterocycles. The number of anilines is 1. The van der Waals surface area contributed by atoms with Crippen LogP contribution in [0.5, 0.6) is 0 Å². The van der Waals surface area contributed by atoms with E-state index in [2.05, 4.69) is 36.5 Å². The van der Waals surface area contributed by atoms with Gasteiger partial charge in [0.05, 0.1) is 11.5 Å². The predicted molar refractivity (Wildman–Crippen MR) is 122 cm³/mol. The Kier molecular flexibility index (Phi) is 8.00. The smallest absolute Gasteiger partial charge is 0.293 e. The zero-order chi connectivity index (χ0) is 22.2. The van der Waals surface area contributed by atoms with Crippen molar-refractivity contribution in [2.24, 2.45) is 5.92 Å². The molecule has 166 valence electrons. The van der Waals surface area contributed by atoms with Gasteiger partial charge in [-0.25, -0.2) is 0 Å². The number of methoxy groups -OCH3 is 1. The van der Waals surface area contributed by atoms with Gasteiger partial charge in [-0.15, -0.1) is 0 Å². The molecular weight excluding hydrogens is 394 g/mol. The molecule has 1 aliphatic heterocycles. The van der Waals surface area contributed by atoms with E-state index in [4.69, 9.17) is 4.74 Å². The quantitative estimate of drug-likeness (QED) is 0.365. The Morgan fingerprint density at radius 1 is 1.19 bits per heavy atom. The highest BCUT2D eigenvalue weighted by molar-refractivity contribution is 5.95. The van der Waals surface area contributed by atoms with Crippen LogP contribution in [0.2, 0.25) is 0 Å². The Morgan fingerprint density at radius 2 is 1.90 bits per heavy atom. The maximum Gasteiger partial charge on any atom is 0.293 e. The number of carbonyl (C=O) groups excluding carboxylic acids is 1. The summed E-state index contributed by atoms with van der Waals surface area (Å²) in [6.45, 7) is 4.38. The van der Waals surface area contributed by atoms with Gasteiger partial charge in [0.25, 0.3) is 11.6 Å². The topological polar surface area (TPSA) is 84.7 Å². The van der Waals surface area contributed by atoms with Gasteiger partial charge in [0.1, 0.15) is 5.69 Å². The van der Waals surface area contributed by atoms with Gasteiger partial charge < -0.3 is 15.0 Å². The number of nitrogens with one attached hydrogen (secondary N) is 1. The van der Waals surface area contributed by atoms with E-state index in [1.165, 1.54) is 17.2 Å². The molecule has 1 aliphatic rings. The number of piperidine rings is 1. The van der Waals surface area contributed by atoms with Crippen LogP contribution in [0.15, 0.2) is 42.5 Å². The van der Waals surface area contributed by atoms with E-state index in [0.717, 1.165) is 25.7 Å². The normalized spacial score (nSPS) is 14.5. The van der Waals surface area contributed by atoms with E-state index in [1.807, 2.05) is 4.90 Å². The molecular formula is C24H31N3O4. The van der Waals surface area contributed by atoms with Crippen LogP contribution >= 0.6 is 0 Å². The molecule has 1 heterocycles. The van der Waals surface area contributed by atoms with E-state index in [0.29, 0.717) is 43.4 Å². The summed E-state index contributed by atoms with van der Waals surface area (Å²) in [7, 11) is 1.57. The van der Waals surface area contributed by atoms with Crippen molar-refractivity contribution in [3.05, 3.63) is 69.3 Å². The van der Waals surface area contributed by atoms with Crippen LogP contribution in [-0.2, 0) is 11.2 Å². The minimum absolute atomic E-state index is 0.0880. The van der Waals surface area contributed by atoms with Gasteiger partial charge in [0, 0.05) is 38.4 Å². The number of benzene rings is 2. The fraction of sp³-hybridized carbons (Fsp3) is 0.458. The van der Waals surface area contributed by atoms with Crippen LogP contribution in [-0.4, -0.2) is 49.1 Å². The minimum atomic E-state index is -0.455. The molecule has 1 amide bonds. The van der Waals surface area contributed by atoms with Crippen LogP contribution in [0.1, 0.15) is 40.7 Å². The monoisotopic (exact) mass is 425 g/mol. The molecule has 1 N–H and O–H groups in total. The van der Waals surface area contributed by atoms with Crippen LogP contribution < -0.4 is 5.32 Å². The molecule has 31 heavy (non-hydrogen) atoms. The molecule has 0 saturated carbocycles. The maximum atomic E-state index is 12.9. The highest BCUT2D eigenvalue weighted by Gasteiger charge is 2.25. The van der Waals surface area contributed by atoms with Crippen LogP contribution in [0, 0.1) is 23.0 Å². The van der Waals surface area contributed by atoms with Crippen molar-refractivity contribution >= 4 is 17.3 Å². The van der Waals surface area contributed by atoms with Gasteiger partial charge in [-0.2, -0.15) is 0 Å². The van der Waals surface area contributed by atoms with Crippen molar-refractivity contribution in [2.45, 2.75) is 32.6 Å². The molecule has 1 saturated heterocycles. The van der Waals surface area contributed by atoms with Crippen LogP contribution in [0.3, 0.4) is 0 Å². The SMILES string of the molecule is COCCNc1ccc(C(=O)N2CCC(CCc3ccc(C)cc3)CC2)cc1[N+](=O)[O-]. The molecule has 0 unspecified atom stereocenters. The number of nitrogens with zero attached hydrogens (tertiary/aromatic N) is 2. The minimum Gasteiger partial charge on any atom is -0.383 e. The molecule has 7 heteroatoms. The Hall–Kier alpha value is -2.93. The maximum absolute atomic E-state index is 12.9. The Morgan fingerprint density at radius 3 is 2.55 bits per heavy atom. The fourth-order valence-electron chi connectivity index (χ4n) is 3.99. The Balaban J connectivity index is 1.55. The van der Waals surface area contributed by atoms with Crippen molar-refractivity contribution in [1.82, 2.24) is 4.90 Å². The third-order valence-corrected chi connectivity index (χ3v) is 5.93. The molecule has 2 aromatic rings. The lowest BCUT2D eigenvalue weighted by atomic mass is 9.90. The number of ether oxygens (including phenoxy) is 1. The second kappa shape index (κ2) is 10.9. The predicted octanol–water partition coefficient (Wildman–Crippen LogP) is 4.45. The second-order valence-electron chi connectivity index (χ2n) is 8.17. The number of hydrogen-bond acceptors (Lipinski definition) is 5. The summed E-state index contributed by atoms with van der Waals surface area (Å²) in [5, 5.41) is 14.5. The summed E-state index contributed by atoms with van der Waals surface area (Å²) < 4.78 is 4.97. The number of likely N-dealkylation sites (tertiary alicyclic amines) is 1. The largest absolute Gasteiger partial charge is 0.383 e. The lowest BCUT2D eigenvalue weighted by molar-refractivity contribution is -0.384. The first kappa shape index (κ1) is 22.7. The fourth-order valence-corrected chi connectivity index (χ4v) is 3.99. The molecule has 0 radical (unpaired) electrons. The lowest BCUT2D eigenvalue weighted by Crippen LogP contribution is -2.38. The molecule has 0 aliphatic carbocycles. The summed E-state index contributed by atoms with van der Waals surface area (Å²) in [6.07, 6.45) is 4.12. The number of amides is 1. The van der Waals surface area contributed by atoms with Crippen molar-refractivity contribution in [2.75, 3.05) is 38.7 Å². The van der Waals surface area contributed by atoms with Crippen molar-refractivity contribution < 1.29 is 14.5 Å². The number of rotatable bonds is 9. The zero-order valence-electron chi connectivity index (χ0n) is 18.3. The number of nitro groups is 1. The van der Waals surface area contributed by atoms with Gasteiger partial charge in [0.15, 0.2) is 0 Å². The van der Waals surface area contributed by atoms with Gasteiger partial charge in [0.2, 0.25) is 0 Å². The average Bonchev–Trinajstić information content (AvgIpc) is 2.79. The highest BCUT2D eigenvalue weighted by Crippen LogP contribution is 2.28. The van der Waals surface area contributed by atoms with Gasteiger partial charge in [-0.3, -0.25) is 14.9 Å². The van der Waals surface area contributed by atoms with E-state index in [-0.39, 0.29) is 11.6 Å². The molecule has 0 spiro atoms. The second-order valence-corrected chi connectivity index (χ2v) is 8.17. The van der Waals surface area contributed by atoms with E-state index in [9.17, 15) is 14.9 Å². The Bertz CT molecular complexity index is 890. The number of carbonyl (C=O) groups is 1. The highest BCUT2D eigenvalue weighted by atomic mass is 16.6. The molecule has 0 bridgehead atoms. The zero-order valence-corrected chi connectivity index (χ0v) is 18.3. The summed E-state index contributed by atoms with van der Waals surface area (Å²) in [4.78, 5) is 25.8. The van der Waals surface area contributed by atoms with E-state index in [1.54, 1.807) is 19.2 Å². The average molecular weight is 426 g/mol. The molecule has 0 atom stereocenters. The molecule has 2 aromatic carbocycles. The van der Waals surface area contributed by atoms with Gasteiger partial charge in [-0.05, 0) is 56.2 Å². The van der Waals surface area contributed by atoms with E-state index >= 15 is 0 Å². The van der Waals surface area contributed by atoms with Crippen LogP contribution in [0.4, 0.5) is 11.4 Å². The van der Waals surface area contributed by atoms with Crippen molar-refractivity contribution in [1.29, 1.82) is 0 Å². The lowest BCUT2D eigenvalue weighted by Gasteiger charge is -2.32. The first-order valence-corrected chi connectivity index (χ1v) is 10.8. The number of hydrogen-bond donors (Lipinski definition) is 1. The summed E-state index contributed by atoms with van der Waals surface area (Å²) in [6, 6.07) is 13.3. The van der Waals surface area contributed by atoms with Crippen molar-refractivity contribution in [3.8, 4) is 0 Å². The first-order valence-electron chi connectivity index (χ1n) is 10.8. The standard InChI is InChI=1S/C24H31N3O4/c1-18-3-5-19(6-4-18)7-8-20-11-14-26(15-12-20)24(28)21-9-10-22(25-13-16-31-2)23(17-21)27(29)30/h3-6,9-10,17,20,25H,7-8,11-16H2,1-2H3. The van der Waals surface area contributed by atoms with Crippen molar-refractivity contribution in [3.63, 3.8) is 0 Å². The molecule has 7 nitrogen and oxygen atoms in total.